The number of amides is 1. The van der Waals surface area contributed by atoms with Crippen LogP contribution in [0.25, 0.3) is 10.9 Å². The number of para-hydroxylation sites is 1. The number of likely N-dealkylation sites (N-methyl/N-ethyl adjacent to an activating group) is 1. The van der Waals surface area contributed by atoms with Gasteiger partial charge in [0.05, 0.1) is 5.52 Å². The molecule has 2 heterocycles. The molecule has 4 heteroatoms. The number of likely N-dealkylation sites (tertiary alicyclic amines) is 1. The summed E-state index contributed by atoms with van der Waals surface area (Å²) < 4.78 is 0. The number of hydrogen-bond donors (Lipinski definition) is 1. The number of rotatable bonds is 2. The first-order valence-electron chi connectivity index (χ1n) is 6.11. The summed E-state index contributed by atoms with van der Waals surface area (Å²) in [4.78, 5) is 18.1. The molecule has 1 N–H and O–H groups in total. The fraction of sp³-hybridized carbons (Fsp3) is 0.286. The Morgan fingerprint density at radius 2 is 2.11 bits per heavy atom. The van der Waals surface area contributed by atoms with Crippen molar-refractivity contribution in [1.82, 2.24) is 9.88 Å². The summed E-state index contributed by atoms with van der Waals surface area (Å²) >= 11 is 0. The van der Waals surface area contributed by atoms with E-state index in [9.17, 15) is 4.79 Å². The molecule has 18 heavy (non-hydrogen) atoms. The summed E-state index contributed by atoms with van der Waals surface area (Å²) in [6.07, 6.45) is 0.837. The third-order valence-electron chi connectivity index (χ3n) is 3.35. The first kappa shape index (κ1) is 11.0. The molecule has 3 rings (SSSR count). The highest BCUT2D eigenvalue weighted by molar-refractivity contribution is 5.87. The largest absolute Gasteiger partial charge is 0.358 e. The van der Waals surface area contributed by atoms with Crippen molar-refractivity contribution in [3.05, 3.63) is 36.4 Å². The van der Waals surface area contributed by atoms with E-state index in [-0.39, 0.29) is 11.9 Å². The molecule has 1 unspecified atom stereocenters. The zero-order valence-electron chi connectivity index (χ0n) is 10.3. The highest BCUT2D eigenvalue weighted by atomic mass is 16.2. The summed E-state index contributed by atoms with van der Waals surface area (Å²) in [6, 6.07) is 11.8. The second kappa shape index (κ2) is 4.29. The van der Waals surface area contributed by atoms with Gasteiger partial charge in [0.25, 0.3) is 0 Å². The van der Waals surface area contributed by atoms with Crippen molar-refractivity contribution in [1.29, 1.82) is 0 Å². The molecule has 1 atom stereocenters. The van der Waals surface area contributed by atoms with E-state index >= 15 is 0 Å². The van der Waals surface area contributed by atoms with Gasteiger partial charge < -0.3 is 10.2 Å². The Morgan fingerprint density at radius 1 is 1.28 bits per heavy atom. The second-order valence-electron chi connectivity index (χ2n) is 4.63. The highest BCUT2D eigenvalue weighted by Crippen LogP contribution is 2.18. The van der Waals surface area contributed by atoms with Crippen LogP contribution in [-0.2, 0) is 4.79 Å². The molecule has 2 aromatic rings. The standard InChI is InChI=1S/C14H15N3O/c1-17-9-8-12(14(17)18)16-13-7-6-10-4-2-3-5-11(10)15-13/h2-7,12H,8-9H2,1H3,(H,15,16). The Balaban J connectivity index is 1.85. The lowest BCUT2D eigenvalue weighted by Gasteiger charge is -2.13. The average molecular weight is 241 g/mol. The summed E-state index contributed by atoms with van der Waals surface area (Å²) in [5.41, 5.74) is 0.946. The first-order chi connectivity index (χ1) is 8.74. The van der Waals surface area contributed by atoms with E-state index in [1.165, 1.54) is 0 Å². The molecule has 1 fully saturated rings. The Labute approximate surface area is 106 Å². The Bertz CT molecular complexity index is 596. The molecule has 1 aliphatic rings. The minimum absolute atomic E-state index is 0.135. The van der Waals surface area contributed by atoms with Gasteiger partial charge in [0.1, 0.15) is 11.9 Å². The fourth-order valence-electron chi connectivity index (χ4n) is 2.28. The van der Waals surface area contributed by atoms with E-state index in [1.807, 2.05) is 43.4 Å². The van der Waals surface area contributed by atoms with Gasteiger partial charge in [0.2, 0.25) is 5.91 Å². The van der Waals surface area contributed by atoms with Gasteiger partial charge in [-0.25, -0.2) is 4.98 Å². The third-order valence-corrected chi connectivity index (χ3v) is 3.35. The maximum absolute atomic E-state index is 11.8. The topological polar surface area (TPSA) is 45.2 Å². The maximum atomic E-state index is 11.8. The molecule has 4 nitrogen and oxygen atoms in total. The van der Waals surface area contributed by atoms with Gasteiger partial charge in [-0.3, -0.25) is 4.79 Å². The van der Waals surface area contributed by atoms with E-state index in [0.29, 0.717) is 0 Å². The van der Waals surface area contributed by atoms with Gasteiger partial charge >= 0.3 is 0 Å². The van der Waals surface area contributed by atoms with Gasteiger partial charge in [-0.1, -0.05) is 18.2 Å². The average Bonchev–Trinajstić information content (AvgIpc) is 2.71. The van der Waals surface area contributed by atoms with Gasteiger partial charge in [-0.2, -0.15) is 0 Å². The molecule has 1 aliphatic heterocycles. The Kier molecular flexibility index (Phi) is 2.63. The van der Waals surface area contributed by atoms with Crippen LogP contribution in [0.1, 0.15) is 6.42 Å². The van der Waals surface area contributed by atoms with Gasteiger partial charge in [-0.15, -0.1) is 0 Å². The molecule has 0 radical (unpaired) electrons. The number of nitrogens with one attached hydrogen (secondary N) is 1. The minimum Gasteiger partial charge on any atom is -0.358 e. The normalized spacial score (nSPS) is 19.5. The highest BCUT2D eigenvalue weighted by Gasteiger charge is 2.28. The molecule has 1 amide bonds. The van der Waals surface area contributed by atoms with Crippen LogP contribution in [0.2, 0.25) is 0 Å². The molecular weight excluding hydrogens is 226 g/mol. The molecule has 0 spiro atoms. The number of nitrogens with zero attached hydrogens (tertiary/aromatic N) is 2. The Morgan fingerprint density at radius 3 is 2.89 bits per heavy atom. The predicted molar refractivity (Wildman–Crippen MR) is 71.4 cm³/mol. The second-order valence-corrected chi connectivity index (χ2v) is 4.63. The number of benzene rings is 1. The molecular formula is C14H15N3O. The van der Waals surface area contributed by atoms with Crippen molar-refractivity contribution in [2.45, 2.75) is 12.5 Å². The summed E-state index contributed by atoms with van der Waals surface area (Å²) in [5.74, 6) is 0.910. The van der Waals surface area contributed by atoms with Gasteiger partial charge in [0, 0.05) is 19.0 Å². The van der Waals surface area contributed by atoms with Crippen molar-refractivity contribution >= 4 is 22.6 Å². The molecule has 0 saturated carbocycles. The molecule has 92 valence electrons. The quantitative estimate of drug-likeness (QED) is 0.873. The van der Waals surface area contributed by atoms with Crippen molar-refractivity contribution in [2.24, 2.45) is 0 Å². The minimum atomic E-state index is -0.135. The number of pyridine rings is 1. The number of anilines is 1. The molecule has 0 aliphatic carbocycles. The zero-order chi connectivity index (χ0) is 12.5. The van der Waals surface area contributed by atoms with E-state index in [2.05, 4.69) is 10.3 Å². The third kappa shape index (κ3) is 1.90. The number of carbonyl (C=O) groups excluding carboxylic acids is 1. The SMILES string of the molecule is CN1CCC(Nc2ccc3ccccc3n2)C1=O. The Hall–Kier alpha value is -2.10. The smallest absolute Gasteiger partial charge is 0.244 e. The van der Waals surface area contributed by atoms with Gasteiger partial charge in [0.15, 0.2) is 0 Å². The number of hydrogen-bond acceptors (Lipinski definition) is 3. The molecule has 1 aromatic heterocycles. The monoisotopic (exact) mass is 241 g/mol. The van der Waals surface area contributed by atoms with E-state index in [1.54, 1.807) is 4.90 Å². The zero-order valence-corrected chi connectivity index (χ0v) is 10.3. The van der Waals surface area contributed by atoms with Gasteiger partial charge in [-0.05, 0) is 24.6 Å². The lowest BCUT2D eigenvalue weighted by molar-refractivity contribution is -0.127. The van der Waals surface area contributed by atoms with Crippen LogP contribution in [0.15, 0.2) is 36.4 Å². The van der Waals surface area contributed by atoms with Crippen molar-refractivity contribution in [2.75, 3.05) is 18.9 Å². The molecule has 1 saturated heterocycles. The summed E-state index contributed by atoms with van der Waals surface area (Å²) in [7, 11) is 1.83. The van der Waals surface area contributed by atoms with Crippen molar-refractivity contribution in [3.63, 3.8) is 0 Å². The van der Waals surface area contributed by atoms with Crippen LogP contribution in [-0.4, -0.2) is 35.4 Å². The number of aromatic nitrogens is 1. The lowest BCUT2D eigenvalue weighted by atomic mass is 10.2. The predicted octanol–water partition coefficient (Wildman–Crippen LogP) is 1.88. The number of carbonyl (C=O) groups is 1. The lowest BCUT2D eigenvalue weighted by Crippen LogP contribution is -2.31. The van der Waals surface area contributed by atoms with Crippen molar-refractivity contribution < 1.29 is 4.79 Å². The van der Waals surface area contributed by atoms with E-state index in [0.717, 1.165) is 29.7 Å². The fourth-order valence-corrected chi connectivity index (χ4v) is 2.28. The van der Waals surface area contributed by atoms with Crippen LogP contribution in [0, 0.1) is 0 Å². The van der Waals surface area contributed by atoms with E-state index < -0.39 is 0 Å². The molecule has 1 aromatic carbocycles. The van der Waals surface area contributed by atoms with Crippen LogP contribution in [0.3, 0.4) is 0 Å². The molecule has 0 bridgehead atoms. The van der Waals surface area contributed by atoms with Crippen LogP contribution in [0.4, 0.5) is 5.82 Å². The first-order valence-corrected chi connectivity index (χ1v) is 6.11. The van der Waals surface area contributed by atoms with E-state index in [4.69, 9.17) is 0 Å². The maximum Gasteiger partial charge on any atom is 0.244 e. The summed E-state index contributed by atoms with van der Waals surface area (Å²) in [5, 5.41) is 4.32. The van der Waals surface area contributed by atoms with Crippen molar-refractivity contribution in [3.8, 4) is 0 Å². The number of fused-ring (bicyclic) bond motifs is 1. The summed E-state index contributed by atoms with van der Waals surface area (Å²) in [6.45, 7) is 0.810. The van der Waals surface area contributed by atoms with Crippen LogP contribution >= 0.6 is 0 Å². The van der Waals surface area contributed by atoms with Crippen LogP contribution < -0.4 is 5.32 Å². The van der Waals surface area contributed by atoms with Crippen LogP contribution in [0.5, 0.6) is 0 Å².